The van der Waals surface area contributed by atoms with E-state index >= 15 is 0 Å². The van der Waals surface area contributed by atoms with E-state index in [9.17, 15) is 9.90 Å². The summed E-state index contributed by atoms with van der Waals surface area (Å²) in [7, 11) is 0. The van der Waals surface area contributed by atoms with Crippen LogP contribution in [0.4, 0.5) is 0 Å². The monoisotopic (exact) mass is 463 g/mol. The van der Waals surface area contributed by atoms with Crippen LogP contribution in [0, 0.1) is 0 Å². The van der Waals surface area contributed by atoms with Gasteiger partial charge in [-0.05, 0) is 49.6 Å². The summed E-state index contributed by atoms with van der Waals surface area (Å²) in [5, 5.41) is 12.7. The fourth-order valence-corrected chi connectivity index (χ4v) is 5.87. The lowest BCUT2D eigenvalue weighted by atomic mass is 9.94. The number of carbonyl (C=O) groups is 1. The molecule has 2 saturated heterocycles. The summed E-state index contributed by atoms with van der Waals surface area (Å²) in [5.41, 5.74) is 3.63. The number of ether oxygens (including phenoxy) is 1. The Hall–Kier alpha value is -2.74. The molecule has 3 heterocycles. The number of fused-ring (bicyclic) bond motifs is 1. The van der Waals surface area contributed by atoms with Gasteiger partial charge in [-0.15, -0.1) is 11.3 Å². The highest BCUT2D eigenvalue weighted by Crippen LogP contribution is 2.35. The van der Waals surface area contributed by atoms with Gasteiger partial charge in [0.25, 0.3) is 0 Å². The largest absolute Gasteiger partial charge is 0.508 e. The Bertz CT molecular complexity index is 1110. The third-order valence-corrected chi connectivity index (χ3v) is 7.52. The highest BCUT2D eigenvalue weighted by atomic mass is 32.1. The predicted molar refractivity (Wildman–Crippen MR) is 130 cm³/mol. The molecule has 2 aliphatic heterocycles. The summed E-state index contributed by atoms with van der Waals surface area (Å²) in [6, 6.07) is 16.8. The van der Waals surface area contributed by atoms with Crippen LogP contribution in [0.25, 0.3) is 10.6 Å². The molecule has 0 bridgehead atoms. The Morgan fingerprint density at radius 1 is 1.18 bits per heavy atom. The van der Waals surface area contributed by atoms with E-state index < -0.39 is 0 Å². The topological polar surface area (TPSA) is 65.9 Å². The average molecular weight is 464 g/mol. The minimum Gasteiger partial charge on any atom is -0.508 e. The van der Waals surface area contributed by atoms with E-state index in [2.05, 4.69) is 45.1 Å². The second-order valence-corrected chi connectivity index (χ2v) is 9.56. The molecule has 172 valence electrons. The maximum atomic E-state index is 12.0. The lowest BCUT2D eigenvalue weighted by Gasteiger charge is -2.42. The molecule has 2 fully saturated rings. The lowest BCUT2D eigenvalue weighted by molar-refractivity contribution is 0.0520. The number of hydrogen-bond acceptors (Lipinski definition) is 7. The van der Waals surface area contributed by atoms with Gasteiger partial charge in [-0.1, -0.05) is 36.4 Å². The zero-order valence-electron chi connectivity index (χ0n) is 18.8. The van der Waals surface area contributed by atoms with Crippen LogP contribution >= 0.6 is 11.3 Å². The van der Waals surface area contributed by atoms with Crippen molar-refractivity contribution in [2.24, 2.45) is 0 Å². The van der Waals surface area contributed by atoms with Gasteiger partial charge >= 0.3 is 5.97 Å². The Labute approximate surface area is 198 Å². The van der Waals surface area contributed by atoms with E-state index in [4.69, 9.17) is 4.74 Å². The van der Waals surface area contributed by atoms with Gasteiger partial charge in [0.05, 0.1) is 12.6 Å². The van der Waals surface area contributed by atoms with Crippen molar-refractivity contribution in [2.45, 2.75) is 31.8 Å². The first-order chi connectivity index (χ1) is 16.1. The molecule has 0 radical (unpaired) electrons. The van der Waals surface area contributed by atoms with Crippen LogP contribution in [-0.4, -0.2) is 64.7 Å². The van der Waals surface area contributed by atoms with Gasteiger partial charge in [0.15, 0.2) is 5.69 Å². The molecule has 0 aliphatic carbocycles. The standard InChI is InChI=1S/C26H29N3O3S/c1-2-32-26(31)23-17-33-25(27-23)19-10-8-18(9-11-19)24(20-5-3-7-22(30)15-20)29-14-13-28-12-4-6-21(28)16-29/h3,5,7-11,15,17,21,24,30H,2,4,6,12-14,16H2,1H3/t21-,24-/m1/s1. The van der Waals surface area contributed by atoms with Crippen molar-refractivity contribution in [1.29, 1.82) is 0 Å². The number of rotatable bonds is 6. The number of esters is 1. The molecule has 0 spiro atoms. The SMILES string of the molecule is CCOC(=O)c1csc(-c2ccc([C@H](c3cccc(O)c3)N3CCN4CCC[C@@H]4C3)cc2)n1. The molecule has 0 saturated carbocycles. The van der Waals surface area contributed by atoms with E-state index in [1.807, 2.05) is 12.1 Å². The molecule has 2 aliphatic rings. The van der Waals surface area contributed by atoms with E-state index in [1.54, 1.807) is 18.4 Å². The summed E-state index contributed by atoms with van der Waals surface area (Å²) >= 11 is 1.45. The molecule has 7 heteroatoms. The fraction of sp³-hybridized carbons (Fsp3) is 0.385. The summed E-state index contributed by atoms with van der Waals surface area (Å²) in [5.74, 6) is -0.0884. The number of carbonyl (C=O) groups excluding carboxylic acids is 1. The number of hydrogen-bond donors (Lipinski definition) is 1. The smallest absolute Gasteiger partial charge is 0.357 e. The van der Waals surface area contributed by atoms with E-state index in [0.29, 0.717) is 24.1 Å². The summed E-state index contributed by atoms with van der Waals surface area (Å²) in [6.45, 7) is 6.48. The highest BCUT2D eigenvalue weighted by Gasteiger charge is 2.34. The summed E-state index contributed by atoms with van der Waals surface area (Å²) in [6.07, 6.45) is 2.54. The molecule has 33 heavy (non-hydrogen) atoms. The number of piperazine rings is 1. The van der Waals surface area contributed by atoms with Gasteiger partial charge in [0.2, 0.25) is 0 Å². The average Bonchev–Trinajstić information content (AvgIpc) is 3.50. The summed E-state index contributed by atoms with van der Waals surface area (Å²) in [4.78, 5) is 21.6. The van der Waals surface area contributed by atoms with Crippen molar-refractivity contribution in [2.75, 3.05) is 32.8 Å². The Morgan fingerprint density at radius 2 is 2.03 bits per heavy atom. The number of benzene rings is 2. The van der Waals surface area contributed by atoms with E-state index in [1.165, 1.54) is 36.3 Å². The normalized spacial score (nSPS) is 19.8. The first-order valence-corrected chi connectivity index (χ1v) is 12.5. The number of aromatic hydroxyl groups is 1. The van der Waals surface area contributed by atoms with Gasteiger partial charge in [0, 0.05) is 36.6 Å². The molecule has 0 amide bonds. The summed E-state index contributed by atoms with van der Waals surface area (Å²) < 4.78 is 5.06. The molecule has 2 atom stereocenters. The second-order valence-electron chi connectivity index (χ2n) is 8.70. The number of nitrogens with zero attached hydrogens (tertiary/aromatic N) is 3. The van der Waals surface area contributed by atoms with Crippen molar-refractivity contribution in [3.8, 4) is 16.3 Å². The first kappa shape index (κ1) is 22.1. The first-order valence-electron chi connectivity index (χ1n) is 11.6. The van der Waals surface area contributed by atoms with Crippen LogP contribution in [0.1, 0.15) is 47.4 Å². The number of aromatic nitrogens is 1. The van der Waals surface area contributed by atoms with Gasteiger partial charge in [-0.25, -0.2) is 9.78 Å². The zero-order valence-corrected chi connectivity index (χ0v) is 19.6. The molecular weight excluding hydrogens is 434 g/mol. The Kier molecular flexibility index (Phi) is 6.44. The third-order valence-electron chi connectivity index (χ3n) is 6.63. The van der Waals surface area contributed by atoms with Crippen molar-refractivity contribution < 1.29 is 14.6 Å². The van der Waals surface area contributed by atoms with Crippen LogP contribution in [0.3, 0.4) is 0 Å². The molecular formula is C26H29N3O3S. The van der Waals surface area contributed by atoms with Crippen LogP contribution in [0.5, 0.6) is 5.75 Å². The zero-order chi connectivity index (χ0) is 22.8. The lowest BCUT2D eigenvalue weighted by Crippen LogP contribution is -2.51. The van der Waals surface area contributed by atoms with Crippen LogP contribution in [-0.2, 0) is 4.74 Å². The van der Waals surface area contributed by atoms with Crippen molar-refractivity contribution >= 4 is 17.3 Å². The minimum absolute atomic E-state index is 0.0836. The molecule has 5 rings (SSSR count). The van der Waals surface area contributed by atoms with Crippen molar-refractivity contribution in [3.63, 3.8) is 0 Å². The third kappa shape index (κ3) is 4.67. The molecule has 3 aromatic rings. The molecule has 1 aromatic heterocycles. The minimum atomic E-state index is -0.383. The highest BCUT2D eigenvalue weighted by molar-refractivity contribution is 7.13. The predicted octanol–water partition coefficient (Wildman–Crippen LogP) is 4.56. The number of thiazole rings is 1. The van der Waals surface area contributed by atoms with Gasteiger partial charge in [-0.3, -0.25) is 9.80 Å². The molecule has 2 aromatic carbocycles. The van der Waals surface area contributed by atoms with Gasteiger partial charge in [0.1, 0.15) is 10.8 Å². The fourth-order valence-electron chi connectivity index (χ4n) is 5.07. The number of phenolic OH excluding ortho intramolecular Hbond substituents is 1. The van der Waals surface area contributed by atoms with Crippen LogP contribution in [0.2, 0.25) is 0 Å². The number of phenols is 1. The van der Waals surface area contributed by atoms with Crippen LogP contribution in [0.15, 0.2) is 53.9 Å². The molecule has 6 nitrogen and oxygen atoms in total. The molecule has 1 N–H and O–H groups in total. The van der Waals surface area contributed by atoms with Crippen molar-refractivity contribution in [1.82, 2.24) is 14.8 Å². The Morgan fingerprint density at radius 3 is 2.82 bits per heavy atom. The quantitative estimate of drug-likeness (QED) is 0.541. The van der Waals surface area contributed by atoms with Gasteiger partial charge < -0.3 is 9.84 Å². The second kappa shape index (κ2) is 9.63. The Balaban J connectivity index is 1.43. The van der Waals surface area contributed by atoms with E-state index in [0.717, 1.165) is 35.8 Å². The van der Waals surface area contributed by atoms with Crippen molar-refractivity contribution in [3.05, 3.63) is 70.7 Å². The maximum absolute atomic E-state index is 12.0. The molecule has 0 unspecified atom stereocenters. The van der Waals surface area contributed by atoms with E-state index in [-0.39, 0.29) is 12.0 Å². The maximum Gasteiger partial charge on any atom is 0.357 e. The van der Waals surface area contributed by atoms with Gasteiger partial charge in [-0.2, -0.15) is 0 Å². The van der Waals surface area contributed by atoms with Crippen LogP contribution < -0.4 is 0 Å².